The Morgan fingerprint density at radius 1 is 1.39 bits per heavy atom. The van der Waals surface area contributed by atoms with E-state index in [1.54, 1.807) is 18.2 Å². The molecule has 3 N–H and O–H groups in total. The third-order valence-electron chi connectivity index (χ3n) is 4.21. The normalized spacial score (nSPS) is 16.2. The molecule has 1 aliphatic heterocycles. The van der Waals surface area contributed by atoms with Crippen LogP contribution in [-0.2, 0) is 6.18 Å². The predicted molar refractivity (Wildman–Crippen MR) is 91.7 cm³/mol. The number of nitrogens with one attached hydrogen (secondary N) is 1. The van der Waals surface area contributed by atoms with Crippen LogP contribution < -0.4 is 19.9 Å². The summed E-state index contributed by atoms with van der Waals surface area (Å²) in [4.78, 5) is 0. The van der Waals surface area contributed by atoms with Crippen molar-refractivity contribution >= 4 is 0 Å². The van der Waals surface area contributed by atoms with Crippen LogP contribution >= 0.6 is 0 Å². The third kappa shape index (κ3) is 3.19. The molecule has 0 saturated carbocycles. The SMILES string of the molecule is CCCOc1c(OC)cccc1C1C(C#N)=C(N)Oc2n[nH]c(C(F)(F)F)c21. The van der Waals surface area contributed by atoms with E-state index in [0.29, 0.717) is 24.3 Å². The van der Waals surface area contributed by atoms with E-state index in [4.69, 9.17) is 19.9 Å². The first-order valence-corrected chi connectivity index (χ1v) is 8.36. The standard InChI is InChI=1S/C18H17F3N4O3/c1-3-7-27-14-9(5-4-6-11(14)26-2)12-10(8-22)16(23)28-17-13(12)15(24-25-17)18(19,20)21/h4-6,12H,3,7,23H2,1-2H3,(H,24,25). The molecule has 0 saturated heterocycles. The average molecular weight is 394 g/mol. The number of allylic oxidation sites excluding steroid dienone is 1. The average Bonchev–Trinajstić information content (AvgIpc) is 3.08. The Bertz CT molecular complexity index is 960. The molecular weight excluding hydrogens is 377 g/mol. The highest BCUT2D eigenvalue weighted by Gasteiger charge is 2.45. The number of aromatic nitrogens is 2. The number of ether oxygens (including phenoxy) is 3. The van der Waals surface area contributed by atoms with Gasteiger partial charge in [-0.2, -0.15) is 18.4 Å². The Labute approximate surface area is 158 Å². The summed E-state index contributed by atoms with van der Waals surface area (Å²) < 4.78 is 56.9. The molecule has 0 spiro atoms. The number of halogens is 3. The van der Waals surface area contributed by atoms with Gasteiger partial charge in [0.05, 0.1) is 25.2 Å². The Balaban J connectivity index is 2.30. The molecule has 1 unspecified atom stereocenters. The van der Waals surface area contributed by atoms with Gasteiger partial charge in [-0.15, -0.1) is 5.10 Å². The summed E-state index contributed by atoms with van der Waals surface area (Å²) >= 11 is 0. The first-order chi connectivity index (χ1) is 13.3. The molecule has 1 aromatic carbocycles. The topological polar surface area (TPSA) is 106 Å². The highest BCUT2D eigenvalue weighted by Crippen LogP contribution is 2.50. The molecule has 0 radical (unpaired) electrons. The summed E-state index contributed by atoms with van der Waals surface area (Å²) in [5.74, 6) is -1.28. The summed E-state index contributed by atoms with van der Waals surface area (Å²) in [6.07, 6.45) is -4.07. The Morgan fingerprint density at radius 3 is 2.75 bits per heavy atom. The van der Waals surface area contributed by atoms with E-state index in [0.717, 1.165) is 0 Å². The lowest BCUT2D eigenvalue weighted by Gasteiger charge is -2.26. The van der Waals surface area contributed by atoms with Gasteiger partial charge in [-0.25, -0.2) is 0 Å². The zero-order chi connectivity index (χ0) is 20.5. The minimum absolute atomic E-state index is 0.172. The minimum Gasteiger partial charge on any atom is -0.493 e. The second kappa shape index (κ2) is 7.34. The van der Waals surface area contributed by atoms with Crippen molar-refractivity contribution in [3.05, 3.63) is 46.5 Å². The molecule has 1 aliphatic rings. The number of alkyl halides is 3. The Hall–Kier alpha value is -3.35. The van der Waals surface area contributed by atoms with Gasteiger partial charge in [0.1, 0.15) is 17.3 Å². The van der Waals surface area contributed by atoms with Crippen molar-refractivity contribution in [3.8, 4) is 23.4 Å². The van der Waals surface area contributed by atoms with Gasteiger partial charge in [-0.1, -0.05) is 19.1 Å². The van der Waals surface area contributed by atoms with E-state index < -0.39 is 17.8 Å². The van der Waals surface area contributed by atoms with Crippen LogP contribution in [0, 0.1) is 11.3 Å². The Morgan fingerprint density at radius 2 is 2.14 bits per heavy atom. The van der Waals surface area contributed by atoms with Gasteiger partial charge in [-0.3, -0.25) is 5.10 Å². The lowest BCUT2D eigenvalue weighted by atomic mass is 9.83. The van der Waals surface area contributed by atoms with Gasteiger partial charge in [0.2, 0.25) is 11.8 Å². The number of nitrogens with two attached hydrogens (primary N) is 1. The second-order valence-corrected chi connectivity index (χ2v) is 5.97. The van der Waals surface area contributed by atoms with Crippen LogP contribution in [-0.4, -0.2) is 23.9 Å². The lowest BCUT2D eigenvalue weighted by Crippen LogP contribution is -2.23. The van der Waals surface area contributed by atoms with Crippen LogP contribution in [0.3, 0.4) is 0 Å². The largest absolute Gasteiger partial charge is 0.493 e. The zero-order valence-corrected chi connectivity index (χ0v) is 15.1. The van der Waals surface area contributed by atoms with Crippen LogP contribution in [0.1, 0.15) is 36.1 Å². The first-order valence-electron chi connectivity index (χ1n) is 8.36. The summed E-state index contributed by atoms with van der Waals surface area (Å²) in [5.41, 5.74) is 4.48. The molecule has 7 nitrogen and oxygen atoms in total. The van der Waals surface area contributed by atoms with E-state index in [-0.39, 0.29) is 28.6 Å². The molecule has 1 aromatic heterocycles. The minimum atomic E-state index is -4.74. The van der Waals surface area contributed by atoms with Crippen molar-refractivity contribution in [1.29, 1.82) is 5.26 Å². The highest BCUT2D eigenvalue weighted by atomic mass is 19.4. The maximum absolute atomic E-state index is 13.6. The fourth-order valence-electron chi connectivity index (χ4n) is 3.05. The van der Waals surface area contributed by atoms with Gasteiger partial charge in [0.25, 0.3) is 0 Å². The van der Waals surface area contributed by atoms with Crippen molar-refractivity contribution in [2.45, 2.75) is 25.4 Å². The maximum atomic E-state index is 13.6. The van der Waals surface area contributed by atoms with Crippen LogP contribution in [0.5, 0.6) is 17.4 Å². The predicted octanol–water partition coefficient (Wildman–Crippen LogP) is 3.44. The molecule has 0 fully saturated rings. The number of methoxy groups -OCH3 is 1. The molecule has 3 rings (SSSR count). The van der Waals surface area contributed by atoms with E-state index in [1.165, 1.54) is 7.11 Å². The van der Waals surface area contributed by atoms with Crippen LogP contribution in [0.25, 0.3) is 0 Å². The molecule has 28 heavy (non-hydrogen) atoms. The molecule has 2 aromatic rings. The maximum Gasteiger partial charge on any atom is 0.433 e. The molecule has 1 atom stereocenters. The lowest BCUT2D eigenvalue weighted by molar-refractivity contribution is -0.141. The molecule has 0 aliphatic carbocycles. The van der Waals surface area contributed by atoms with Gasteiger partial charge in [-0.05, 0) is 12.5 Å². The quantitative estimate of drug-likeness (QED) is 0.805. The monoisotopic (exact) mass is 394 g/mol. The van der Waals surface area contributed by atoms with Gasteiger partial charge >= 0.3 is 6.18 Å². The molecule has 0 bridgehead atoms. The Kier molecular flexibility index (Phi) is 5.09. The highest BCUT2D eigenvalue weighted by molar-refractivity contribution is 5.61. The van der Waals surface area contributed by atoms with E-state index in [1.807, 2.05) is 18.1 Å². The van der Waals surface area contributed by atoms with Crippen molar-refractivity contribution < 1.29 is 27.4 Å². The van der Waals surface area contributed by atoms with Gasteiger partial charge in [0, 0.05) is 5.56 Å². The number of hydrogen-bond acceptors (Lipinski definition) is 6. The van der Waals surface area contributed by atoms with Crippen molar-refractivity contribution in [3.63, 3.8) is 0 Å². The molecule has 10 heteroatoms. The number of nitriles is 1. The number of nitrogens with zero attached hydrogens (tertiary/aromatic N) is 2. The van der Waals surface area contributed by atoms with Crippen LogP contribution in [0.2, 0.25) is 0 Å². The van der Waals surface area contributed by atoms with Gasteiger partial charge in [0.15, 0.2) is 11.5 Å². The van der Waals surface area contributed by atoms with E-state index in [9.17, 15) is 18.4 Å². The van der Waals surface area contributed by atoms with E-state index in [2.05, 4.69) is 5.10 Å². The number of aromatic amines is 1. The summed E-state index contributed by atoms with van der Waals surface area (Å²) in [5, 5.41) is 15.1. The number of hydrogen-bond donors (Lipinski definition) is 2. The van der Waals surface area contributed by atoms with Crippen LogP contribution in [0.15, 0.2) is 29.7 Å². The number of fused-ring (bicyclic) bond motifs is 1. The van der Waals surface area contributed by atoms with Crippen molar-refractivity contribution in [2.75, 3.05) is 13.7 Å². The summed E-state index contributed by atoms with van der Waals surface area (Å²) in [6, 6.07) is 6.63. The second-order valence-electron chi connectivity index (χ2n) is 5.97. The zero-order valence-electron chi connectivity index (χ0n) is 15.1. The number of para-hydroxylation sites is 1. The molecular formula is C18H17F3N4O3. The number of benzene rings is 1. The first kappa shape index (κ1) is 19.4. The fraction of sp³-hybridized carbons (Fsp3) is 0.333. The number of rotatable bonds is 5. The fourth-order valence-corrected chi connectivity index (χ4v) is 3.05. The molecule has 148 valence electrons. The van der Waals surface area contributed by atoms with Gasteiger partial charge < -0.3 is 19.9 Å². The summed E-state index contributed by atoms with van der Waals surface area (Å²) in [6.45, 7) is 2.19. The van der Waals surface area contributed by atoms with Crippen molar-refractivity contribution in [1.82, 2.24) is 10.2 Å². The van der Waals surface area contributed by atoms with E-state index >= 15 is 0 Å². The molecule has 0 amide bonds. The van der Waals surface area contributed by atoms with Crippen molar-refractivity contribution in [2.24, 2.45) is 5.73 Å². The van der Waals surface area contributed by atoms with Crippen LogP contribution in [0.4, 0.5) is 13.2 Å². The third-order valence-corrected chi connectivity index (χ3v) is 4.21. The summed E-state index contributed by atoms with van der Waals surface area (Å²) in [7, 11) is 1.42. The number of H-pyrrole nitrogens is 1. The molecule has 2 heterocycles. The smallest absolute Gasteiger partial charge is 0.433 e.